The highest BCUT2D eigenvalue weighted by Crippen LogP contribution is 2.28. The predicted octanol–water partition coefficient (Wildman–Crippen LogP) is -0.168. The Kier molecular flexibility index (Phi) is 1.93. The molecule has 2 N–H and O–H groups in total. The molecule has 0 spiro atoms. The van der Waals surface area contributed by atoms with Gasteiger partial charge in [0.05, 0.1) is 18.9 Å². The first-order chi connectivity index (χ1) is 7.77. The molecule has 1 aliphatic heterocycles. The second-order valence-electron chi connectivity index (χ2n) is 3.80. The maximum atomic E-state index is 5.84. The number of anilines is 1. The van der Waals surface area contributed by atoms with Gasteiger partial charge in [0.2, 0.25) is 0 Å². The number of rotatable bonds is 2. The second-order valence-corrected chi connectivity index (χ2v) is 3.80. The van der Waals surface area contributed by atoms with E-state index in [1.165, 1.54) is 0 Å². The molecule has 0 aromatic carbocycles. The molecule has 84 valence electrons. The van der Waals surface area contributed by atoms with E-state index < -0.39 is 0 Å². The molecule has 1 fully saturated rings. The lowest BCUT2D eigenvalue weighted by Crippen LogP contribution is -2.32. The molecule has 1 saturated heterocycles. The summed E-state index contributed by atoms with van der Waals surface area (Å²) in [5.74, 6) is 0.426. The van der Waals surface area contributed by atoms with Crippen molar-refractivity contribution in [2.24, 2.45) is 7.05 Å². The van der Waals surface area contributed by atoms with E-state index in [-0.39, 0.29) is 6.04 Å². The zero-order chi connectivity index (χ0) is 11.1. The number of hydrogen-bond donors (Lipinski definition) is 1. The Balaban J connectivity index is 2.11. The second kappa shape index (κ2) is 3.31. The Bertz CT molecular complexity index is 512. The average molecular weight is 220 g/mol. The molecule has 0 unspecified atom stereocenters. The van der Waals surface area contributed by atoms with Gasteiger partial charge in [-0.1, -0.05) is 5.21 Å². The summed E-state index contributed by atoms with van der Waals surface area (Å²) in [6.45, 7) is 1.32. The van der Waals surface area contributed by atoms with Gasteiger partial charge in [0.15, 0.2) is 5.82 Å². The van der Waals surface area contributed by atoms with Gasteiger partial charge in [-0.3, -0.25) is 4.68 Å². The van der Waals surface area contributed by atoms with Crippen LogP contribution in [0.4, 0.5) is 5.82 Å². The Morgan fingerprint density at radius 2 is 2.31 bits per heavy atom. The summed E-state index contributed by atoms with van der Waals surface area (Å²) < 4.78 is 8.72. The van der Waals surface area contributed by atoms with E-state index in [0.717, 1.165) is 11.4 Å². The van der Waals surface area contributed by atoms with Crippen LogP contribution in [0.1, 0.15) is 6.04 Å². The third-order valence-electron chi connectivity index (χ3n) is 2.75. The van der Waals surface area contributed by atoms with Crippen molar-refractivity contribution in [1.82, 2.24) is 24.8 Å². The summed E-state index contributed by atoms with van der Waals surface area (Å²) in [6, 6.07) is 2.13. The maximum absolute atomic E-state index is 5.84. The molecule has 3 rings (SSSR count). The van der Waals surface area contributed by atoms with E-state index in [4.69, 9.17) is 10.5 Å². The van der Waals surface area contributed by atoms with Gasteiger partial charge < -0.3 is 10.5 Å². The summed E-state index contributed by atoms with van der Waals surface area (Å²) in [5, 5.41) is 12.1. The highest BCUT2D eigenvalue weighted by molar-refractivity contribution is 5.66. The van der Waals surface area contributed by atoms with E-state index >= 15 is 0 Å². The molecule has 7 heteroatoms. The number of hydrogen-bond acceptors (Lipinski definition) is 5. The highest BCUT2D eigenvalue weighted by atomic mass is 16.5. The van der Waals surface area contributed by atoms with Gasteiger partial charge in [-0.2, -0.15) is 5.10 Å². The van der Waals surface area contributed by atoms with Crippen LogP contribution in [0, 0.1) is 0 Å². The molecular weight excluding hydrogens is 208 g/mol. The molecule has 16 heavy (non-hydrogen) atoms. The first-order valence-electron chi connectivity index (χ1n) is 5.04. The van der Waals surface area contributed by atoms with Crippen molar-refractivity contribution in [1.29, 1.82) is 0 Å². The third-order valence-corrected chi connectivity index (χ3v) is 2.75. The number of nitrogen functional groups attached to an aromatic ring is 1. The molecule has 0 saturated carbocycles. The van der Waals surface area contributed by atoms with Crippen molar-refractivity contribution in [3.8, 4) is 11.4 Å². The van der Waals surface area contributed by atoms with Crippen LogP contribution in [0.25, 0.3) is 11.4 Å². The van der Waals surface area contributed by atoms with Crippen LogP contribution in [0.15, 0.2) is 12.3 Å². The minimum absolute atomic E-state index is 0.231. The molecule has 1 aliphatic rings. The summed E-state index contributed by atoms with van der Waals surface area (Å²) in [6.07, 6.45) is 1.73. The van der Waals surface area contributed by atoms with Crippen LogP contribution in [0.5, 0.6) is 0 Å². The molecule has 2 aromatic heterocycles. The number of aryl methyl sites for hydroxylation is 1. The molecule has 0 radical (unpaired) electrons. The number of nitrogens with zero attached hydrogens (tertiary/aromatic N) is 5. The van der Waals surface area contributed by atoms with E-state index in [0.29, 0.717) is 19.0 Å². The van der Waals surface area contributed by atoms with Crippen molar-refractivity contribution >= 4 is 5.82 Å². The standard InChI is InChI=1S/C9H12N6O/c1-14-7(2-3-11-14)8-9(10)12-13-15(8)6-4-16-5-6/h2-3,6H,4-5,10H2,1H3. The van der Waals surface area contributed by atoms with Crippen LogP contribution < -0.4 is 5.73 Å². The normalized spacial score (nSPS) is 16.3. The average Bonchev–Trinajstić information content (AvgIpc) is 2.71. The fourth-order valence-corrected chi connectivity index (χ4v) is 1.78. The molecule has 0 atom stereocenters. The summed E-state index contributed by atoms with van der Waals surface area (Å²) in [5.41, 5.74) is 7.57. The van der Waals surface area contributed by atoms with Gasteiger partial charge in [-0.15, -0.1) is 5.10 Å². The molecule has 0 bridgehead atoms. The van der Waals surface area contributed by atoms with E-state index in [9.17, 15) is 0 Å². The number of aromatic nitrogens is 5. The highest BCUT2D eigenvalue weighted by Gasteiger charge is 2.27. The van der Waals surface area contributed by atoms with Gasteiger partial charge in [0.25, 0.3) is 0 Å². The van der Waals surface area contributed by atoms with Gasteiger partial charge in [0.1, 0.15) is 11.7 Å². The Morgan fingerprint density at radius 1 is 1.50 bits per heavy atom. The van der Waals surface area contributed by atoms with Crippen molar-refractivity contribution in [3.63, 3.8) is 0 Å². The Hall–Kier alpha value is -1.89. The molecule has 0 aliphatic carbocycles. The van der Waals surface area contributed by atoms with Crippen LogP contribution in [-0.2, 0) is 11.8 Å². The predicted molar refractivity (Wildman–Crippen MR) is 56.5 cm³/mol. The van der Waals surface area contributed by atoms with Crippen LogP contribution >= 0.6 is 0 Å². The summed E-state index contributed by atoms with van der Waals surface area (Å²) in [7, 11) is 1.86. The smallest absolute Gasteiger partial charge is 0.175 e. The number of ether oxygens (including phenoxy) is 1. The Morgan fingerprint density at radius 3 is 2.88 bits per heavy atom. The largest absolute Gasteiger partial charge is 0.380 e. The monoisotopic (exact) mass is 220 g/mol. The molecule has 7 nitrogen and oxygen atoms in total. The van der Waals surface area contributed by atoms with Gasteiger partial charge in [-0.05, 0) is 6.07 Å². The first kappa shape index (κ1) is 9.34. The van der Waals surface area contributed by atoms with Crippen molar-refractivity contribution in [3.05, 3.63) is 12.3 Å². The third kappa shape index (κ3) is 1.21. The van der Waals surface area contributed by atoms with Crippen molar-refractivity contribution in [2.45, 2.75) is 6.04 Å². The summed E-state index contributed by atoms with van der Waals surface area (Å²) in [4.78, 5) is 0. The number of nitrogens with two attached hydrogens (primary N) is 1. The van der Waals surface area contributed by atoms with Crippen LogP contribution in [0.2, 0.25) is 0 Å². The van der Waals surface area contributed by atoms with Crippen LogP contribution in [-0.4, -0.2) is 38.0 Å². The van der Waals surface area contributed by atoms with Gasteiger partial charge >= 0.3 is 0 Å². The summed E-state index contributed by atoms with van der Waals surface area (Å²) >= 11 is 0. The lowest BCUT2D eigenvalue weighted by atomic mass is 10.2. The lowest BCUT2D eigenvalue weighted by molar-refractivity contribution is -0.0286. The van der Waals surface area contributed by atoms with Crippen LogP contribution in [0.3, 0.4) is 0 Å². The minimum atomic E-state index is 0.231. The molecular formula is C9H12N6O. The molecule has 3 heterocycles. The van der Waals surface area contributed by atoms with Crippen molar-refractivity contribution in [2.75, 3.05) is 18.9 Å². The quantitative estimate of drug-likeness (QED) is 0.759. The zero-order valence-electron chi connectivity index (χ0n) is 8.87. The fourth-order valence-electron chi connectivity index (χ4n) is 1.78. The Labute approximate surface area is 91.8 Å². The SMILES string of the molecule is Cn1nccc1-c1c(N)nnn1C1COC1. The van der Waals surface area contributed by atoms with Crippen molar-refractivity contribution < 1.29 is 4.74 Å². The maximum Gasteiger partial charge on any atom is 0.175 e. The molecule has 2 aromatic rings. The van der Waals surface area contributed by atoms with E-state index in [2.05, 4.69) is 15.4 Å². The molecule has 0 amide bonds. The zero-order valence-corrected chi connectivity index (χ0v) is 8.87. The van der Waals surface area contributed by atoms with Gasteiger partial charge in [0, 0.05) is 13.2 Å². The minimum Gasteiger partial charge on any atom is -0.380 e. The van der Waals surface area contributed by atoms with E-state index in [1.807, 2.05) is 17.8 Å². The topological polar surface area (TPSA) is 83.8 Å². The van der Waals surface area contributed by atoms with Gasteiger partial charge in [-0.25, -0.2) is 4.68 Å². The van der Waals surface area contributed by atoms with E-state index in [1.54, 1.807) is 10.9 Å². The first-order valence-corrected chi connectivity index (χ1v) is 5.04. The fraction of sp³-hybridized carbons (Fsp3) is 0.444. The lowest BCUT2D eigenvalue weighted by Gasteiger charge is -2.26.